The van der Waals surface area contributed by atoms with Crippen LogP contribution in [0.4, 0.5) is 0 Å². The Morgan fingerprint density at radius 1 is 1.31 bits per heavy atom. The normalized spacial score (nSPS) is 48.0. The van der Waals surface area contributed by atoms with E-state index in [0.717, 1.165) is 6.42 Å². The van der Waals surface area contributed by atoms with Crippen LogP contribution in [-0.4, -0.2) is 22.4 Å². The highest BCUT2D eigenvalue weighted by molar-refractivity contribution is 5.19. The average molecular weight is 182 g/mol. The molecule has 2 heteroatoms. The van der Waals surface area contributed by atoms with E-state index in [1.54, 1.807) is 0 Å². The zero-order valence-electron chi connectivity index (χ0n) is 8.25. The van der Waals surface area contributed by atoms with Crippen LogP contribution in [-0.2, 0) is 4.74 Å². The van der Waals surface area contributed by atoms with Gasteiger partial charge >= 0.3 is 0 Å². The molecule has 1 N–H and O–H groups in total. The van der Waals surface area contributed by atoms with E-state index in [9.17, 15) is 5.11 Å². The second kappa shape index (κ2) is 2.29. The van der Waals surface area contributed by atoms with Crippen molar-refractivity contribution in [3.05, 3.63) is 0 Å². The highest BCUT2D eigenvalue weighted by atomic mass is 16.6. The van der Waals surface area contributed by atoms with Gasteiger partial charge in [0, 0.05) is 0 Å². The Labute approximate surface area is 79.3 Å². The zero-order chi connectivity index (χ0) is 9.10. The van der Waals surface area contributed by atoms with Crippen molar-refractivity contribution in [3.63, 3.8) is 0 Å². The van der Waals surface area contributed by atoms with Crippen LogP contribution in [0.2, 0.25) is 0 Å². The van der Waals surface area contributed by atoms with Crippen LogP contribution in [0.1, 0.15) is 45.4 Å². The molecule has 0 bridgehead atoms. The molecule has 2 nitrogen and oxygen atoms in total. The Hall–Kier alpha value is -0.0800. The summed E-state index contributed by atoms with van der Waals surface area (Å²) in [6, 6.07) is 0. The number of aliphatic hydroxyl groups is 1. The molecule has 13 heavy (non-hydrogen) atoms. The van der Waals surface area contributed by atoms with E-state index in [0.29, 0.717) is 12.0 Å². The van der Waals surface area contributed by atoms with Crippen molar-refractivity contribution in [2.75, 3.05) is 0 Å². The summed E-state index contributed by atoms with van der Waals surface area (Å²) in [4.78, 5) is 0. The fourth-order valence-corrected chi connectivity index (χ4v) is 3.14. The van der Waals surface area contributed by atoms with Crippen LogP contribution in [0.15, 0.2) is 0 Å². The number of hydrogen-bond donors (Lipinski definition) is 1. The van der Waals surface area contributed by atoms with E-state index in [1.807, 2.05) is 6.92 Å². The molecular formula is C11H18O2. The van der Waals surface area contributed by atoms with Gasteiger partial charge in [0.25, 0.3) is 0 Å². The summed E-state index contributed by atoms with van der Waals surface area (Å²) in [7, 11) is 0. The third-order valence-electron chi connectivity index (χ3n) is 4.31. The second-order valence-corrected chi connectivity index (χ2v) is 5.16. The Kier molecular flexibility index (Phi) is 1.45. The van der Waals surface area contributed by atoms with E-state index in [1.165, 1.54) is 32.1 Å². The molecule has 0 spiro atoms. The SMILES string of the molecule is C[C@](O)(C1CC1)[C@@]12CCCC[C@@H]1O2. The lowest BCUT2D eigenvalue weighted by atomic mass is 9.75. The maximum atomic E-state index is 10.5. The third-order valence-corrected chi connectivity index (χ3v) is 4.31. The maximum absolute atomic E-state index is 10.5. The van der Waals surface area contributed by atoms with Gasteiger partial charge < -0.3 is 9.84 Å². The molecule has 0 aromatic carbocycles. The Bertz CT molecular complexity index is 232. The van der Waals surface area contributed by atoms with Crippen LogP contribution in [0, 0.1) is 5.92 Å². The largest absolute Gasteiger partial charge is 0.387 e. The summed E-state index contributed by atoms with van der Waals surface area (Å²) in [6.07, 6.45) is 7.56. The molecule has 1 aliphatic heterocycles. The van der Waals surface area contributed by atoms with Gasteiger partial charge in [0.2, 0.25) is 0 Å². The molecule has 0 unspecified atom stereocenters. The van der Waals surface area contributed by atoms with Gasteiger partial charge in [-0.2, -0.15) is 0 Å². The Morgan fingerprint density at radius 2 is 2.08 bits per heavy atom. The van der Waals surface area contributed by atoms with Gasteiger partial charge in [-0.15, -0.1) is 0 Å². The number of rotatable bonds is 2. The van der Waals surface area contributed by atoms with Crippen molar-refractivity contribution in [1.29, 1.82) is 0 Å². The van der Waals surface area contributed by atoms with Crippen LogP contribution < -0.4 is 0 Å². The van der Waals surface area contributed by atoms with Crippen molar-refractivity contribution < 1.29 is 9.84 Å². The zero-order valence-corrected chi connectivity index (χ0v) is 8.25. The van der Waals surface area contributed by atoms with Crippen LogP contribution in [0.25, 0.3) is 0 Å². The molecule has 0 aromatic rings. The summed E-state index contributed by atoms with van der Waals surface area (Å²) >= 11 is 0. The Balaban J connectivity index is 1.83. The standard InChI is InChI=1S/C11H18O2/c1-10(12,8-5-6-8)11-7-3-2-4-9(11)13-11/h8-9,12H,2-7H2,1H3/t9-,10-,11+/m0/s1. The topological polar surface area (TPSA) is 32.8 Å². The molecule has 3 aliphatic rings. The molecular weight excluding hydrogens is 164 g/mol. The fourth-order valence-electron chi connectivity index (χ4n) is 3.14. The van der Waals surface area contributed by atoms with Gasteiger partial charge in [0.05, 0.1) is 11.7 Å². The van der Waals surface area contributed by atoms with Gasteiger partial charge in [-0.05, 0) is 38.5 Å². The number of ether oxygens (including phenoxy) is 1. The van der Waals surface area contributed by atoms with Crippen LogP contribution in [0.5, 0.6) is 0 Å². The quantitative estimate of drug-likeness (QED) is 0.661. The van der Waals surface area contributed by atoms with Crippen molar-refractivity contribution >= 4 is 0 Å². The molecule has 2 aliphatic carbocycles. The molecule has 3 atom stereocenters. The lowest BCUT2D eigenvalue weighted by molar-refractivity contribution is -0.0464. The summed E-state index contributed by atoms with van der Waals surface area (Å²) < 4.78 is 5.78. The van der Waals surface area contributed by atoms with Gasteiger partial charge in [0.15, 0.2) is 0 Å². The molecule has 0 radical (unpaired) electrons. The van der Waals surface area contributed by atoms with Crippen LogP contribution in [0.3, 0.4) is 0 Å². The summed E-state index contributed by atoms with van der Waals surface area (Å²) in [5.41, 5.74) is -0.648. The van der Waals surface area contributed by atoms with Gasteiger partial charge in [-0.25, -0.2) is 0 Å². The predicted octanol–water partition coefficient (Wildman–Crippen LogP) is 1.86. The molecule has 2 saturated carbocycles. The molecule has 0 aromatic heterocycles. The van der Waals surface area contributed by atoms with E-state index < -0.39 is 5.60 Å². The second-order valence-electron chi connectivity index (χ2n) is 5.16. The third kappa shape index (κ3) is 0.962. The highest BCUT2D eigenvalue weighted by Crippen LogP contribution is 2.60. The van der Waals surface area contributed by atoms with E-state index >= 15 is 0 Å². The van der Waals surface area contributed by atoms with E-state index in [2.05, 4.69) is 0 Å². The minimum Gasteiger partial charge on any atom is -0.387 e. The van der Waals surface area contributed by atoms with Crippen molar-refractivity contribution in [1.82, 2.24) is 0 Å². The van der Waals surface area contributed by atoms with Gasteiger partial charge in [-0.3, -0.25) is 0 Å². The first kappa shape index (κ1) is 8.25. The number of hydrogen-bond acceptors (Lipinski definition) is 2. The Morgan fingerprint density at radius 3 is 2.69 bits per heavy atom. The minimum atomic E-state index is -0.530. The summed E-state index contributed by atoms with van der Waals surface area (Å²) in [5.74, 6) is 0.524. The van der Waals surface area contributed by atoms with E-state index in [-0.39, 0.29) is 5.60 Å². The average Bonchev–Trinajstić information content (AvgIpc) is 2.99. The smallest absolute Gasteiger partial charge is 0.123 e. The molecule has 3 fully saturated rings. The van der Waals surface area contributed by atoms with Gasteiger partial charge in [-0.1, -0.05) is 12.8 Å². The summed E-state index contributed by atoms with van der Waals surface area (Å²) in [5, 5.41) is 10.5. The fraction of sp³-hybridized carbons (Fsp3) is 1.00. The van der Waals surface area contributed by atoms with Crippen molar-refractivity contribution in [3.8, 4) is 0 Å². The first-order chi connectivity index (χ1) is 6.17. The first-order valence-corrected chi connectivity index (χ1v) is 5.57. The van der Waals surface area contributed by atoms with Crippen LogP contribution >= 0.6 is 0 Å². The van der Waals surface area contributed by atoms with E-state index in [4.69, 9.17) is 4.74 Å². The predicted molar refractivity (Wildman–Crippen MR) is 49.4 cm³/mol. The molecule has 3 rings (SSSR count). The molecule has 1 saturated heterocycles. The molecule has 0 amide bonds. The number of fused-ring (bicyclic) bond motifs is 1. The van der Waals surface area contributed by atoms with Crippen molar-refractivity contribution in [2.45, 2.75) is 62.8 Å². The molecule has 74 valence electrons. The summed E-state index contributed by atoms with van der Waals surface area (Å²) in [6.45, 7) is 2.00. The lowest BCUT2D eigenvalue weighted by Gasteiger charge is -2.33. The monoisotopic (exact) mass is 182 g/mol. The minimum absolute atomic E-state index is 0.119. The van der Waals surface area contributed by atoms with Crippen molar-refractivity contribution in [2.24, 2.45) is 5.92 Å². The number of epoxide rings is 1. The first-order valence-electron chi connectivity index (χ1n) is 5.57. The lowest BCUT2D eigenvalue weighted by Crippen LogP contribution is -2.47. The molecule has 1 heterocycles. The maximum Gasteiger partial charge on any atom is 0.123 e. The van der Waals surface area contributed by atoms with Gasteiger partial charge in [0.1, 0.15) is 5.60 Å². The highest BCUT2D eigenvalue weighted by Gasteiger charge is 2.70.